The Morgan fingerprint density at radius 2 is 1.92 bits per heavy atom. The van der Waals surface area contributed by atoms with E-state index in [9.17, 15) is 9.18 Å². The van der Waals surface area contributed by atoms with E-state index in [4.69, 9.17) is 11.6 Å². The lowest BCUT2D eigenvalue weighted by molar-refractivity contribution is 0.0742. The number of carbonyl (C=O) groups is 1. The number of piperazine rings is 1. The standard InChI is InChI=1S/C17H16ClFN6O/c1-23-10-22-14-15(23)20-9-21-16(14)24-4-6-25(7-5-24)17(26)12-3-2-11(18)8-13(12)19/h2-3,8-10H,4-7H2,1H3. The number of carbonyl (C=O) groups excluding carboxylic acids is 1. The van der Waals surface area contributed by atoms with Gasteiger partial charge in [-0.25, -0.2) is 19.3 Å². The van der Waals surface area contributed by atoms with Gasteiger partial charge >= 0.3 is 0 Å². The van der Waals surface area contributed by atoms with Crippen LogP contribution in [0.2, 0.25) is 5.02 Å². The van der Waals surface area contributed by atoms with Gasteiger partial charge in [0.05, 0.1) is 11.9 Å². The minimum atomic E-state index is -0.601. The van der Waals surface area contributed by atoms with Gasteiger partial charge in [-0.05, 0) is 18.2 Å². The van der Waals surface area contributed by atoms with Gasteiger partial charge in [0.1, 0.15) is 12.1 Å². The van der Waals surface area contributed by atoms with Gasteiger partial charge in [-0.3, -0.25) is 4.79 Å². The summed E-state index contributed by atoms with van der Waals surface area (Å²) in [7, 11) is 1.88. The Kier molecular flexibility index (Phi) is 4.20. The Morgan fingerprint density at radius 3 is 2.65 bits per heavy atom. The summed E-state index contributed by atoms with van der Waals surface area (Å²) in [4.78, 5) is 29.2. The maximum Gasteiger partial charge on any atom is 0.256 e. The first-order valence-electron chi connectivity index (χ1n) is 8.16. The number of rotatable bonds is 2. The fraction of sp³-hybridized carbons (Fsp3) is 0.294. The van der Waals surface area contributed by atoms with E-state index < -0.39 is 5.82 Å². The smallest absolute Gasteiger partial charge is 0.256 e. The summed E-state index contributed by atoms with van der Waals surface area (Å²) in [5, 5.41) is 0.270. The fourth-order valence-electron chi connectivity index (χ4n) is 3.12. The first kappa shape index (κ1) is 16.7. The third-order valence-electron chi connectivity index (χ3n) is 4.51. The Morgan fingerprint density at radius 1 is 1.15 bits per heavy atom. The molecule has 0 N–H and O–H groups in total. The Labute approximate surface area is 154 Å². The number of aromatic nitrogens is 4. The van der Waals surface area contributed by atoms with Gasteiger partial charge in [0.15, 0.2) is 17.0 Å². The molecule has 2 aromatic heterocycles. The lowest BCUT2D eigenvalue weighted by atomic mass is 10.1. The highest BCUT2D eigenvalue weighted by molar-refractivity contribution is 6.30. The second-order valence-electron chi connectivity index (χ2n) is 6.13. The SMILES string of the molecule is Cn1cnc2c(N3CCN(C(=O)c4ccc(Cl)cc4F)CC3)ncnc21. The third kappa shape index (κ3) is 2.86. The summed E-state index contributed by atoms with van der Waals surface area (Å²) in [5.41, 5.74) is 1.53. The molecule has 3 aromatic rings. The molecule has 0 radical (unpaired) electrons. The summed E-state index contributed by atoms with van der Waals surface area (Å²) >= 11 is 5.75. The van der Waals surface area contributed by atoms with Gasteiger partial charge in [0.25, 0.3) is 5.91 Å². The fourth-order valence-corrected chi connectivity index (χ4v) is 3.28. The van der Waals surface area contributed by atoms with Gasteiger partial charge in [0, 0.05) is 38.2 Å². The summed E-state index contributed by atoms with van der Waals surface area (Å²) < 4.78 is 15.8. The molecule has 0 atom stereocenters. The lowest BCUT2D eigenvalue weighted by Gasteiger charge is -2.35. The maximum absolute atomic E-state index is 14.0. The number of hydrogen-bond acceptors (Lipinski definition) is 5. The minimum Gasteiger partial charge on any atom is -0.351 e. The van der Waals surface area contributed by atoms with E-state index in [2.05, 4.69) is 19.9 Å². The Balaban J connectivity index is 1.51. The van der Waals surface area contributed by atoms with E-state index in [1.54, 1.807) is 11.2 Å². The number of fused-ring (bicyclic) bond motifs is 1. The van der Waals surface area contributed by atoms with Crippen molar-refractivity contribution in [3.63, 3.8) is 0 Å². The predicted octanol–water partition coefficient (Wildman–Crippen LogP) is 2.12. The largest absolute Gasteiger partial charge is 0.351 e. The van der Waals surface area contributed by atoms with Gasteiger partial charge in [0.2, 0.25) is 0 Å². The van der Waals surface area contributed by atoms with Crippen molar-refractivity contribution in [1.82, 2.24) is 24.4 Å². The van der Waals surface area contributed by atoms with E-state index in [1.807, 2.05) is 11.6 Å². The maximum atomic E-state index is 14.0. The molecule has 4 rings (SSSR count). The normalized spacial score (nSPS) is 14.9. The van der Waals surface area contributed by atoms with Crippen LogP contribution < -0.4 is 4.90 Å². The summed E-state index contributed by atoms with van der Waals surface area (Å²) in [6.07, 6.45) is 3.21. The van der Waals surface area contributed by atoms with Crippen LogP contribution in [0.1, 0.15) is 10.4 Å². The average molecular weight is 375 g/mol. The molecule has 9 heteroatoms. The van der Waals surface area contributed by atoms with E-state index in [0.29, 0.717) is 26.2 Å². The molecule has 1 fully saturated rings. The Bertz CT molecular complexity index is 983. The van der Waals surface area contributed by atoms with E-state index in [1.165, 1.54) is 18.5 Å². The van der Waals surface area contributed by atoms with E-state index in [-0.39, 0.29) is 16.5 Å². The molecule has 1 aliphatic heterocycles. The molecule has 0 spiro atoms. The highest BCUT2D eigenvalue weighted by Crippen LogP contribution is 2.23. The van der Waals surface area contributed by atoms with Crippen LogP contribution in [0.4, 0.5) is 10.2 Å². The van der Waals surface area contributed by atoms with Gasteiger partial charge in [-0.1, -0.05) is 11.6 Å². The van der Waals surface area contributed by atoms with Gasteiger partial charge in [-0.2, -0.15) is 0 Å². The molecular weight excluding hydrogens is 359 g/mol. The van der Waals surface area contributed by atoms with Gasteiger partial charge < -0.3 is 14.4 Å². The molecule has 1 saturated heterocycles. The molecular formula is C17H16ClFN6O. The molecule has 26 heavy (non-hydrogen) atoms. The summed E-state index contributed by atoms with van der Waals surface area (Å²) in [6, 6.07) is 4.10. The molecule has 1 aliphatic rings. The van der Waals surface area contributed by atoms with Crippen LogP contribution in [0.15, 0.2) is 30.9 Å². The average Bonchev–Trinajstić information content (AvgIpc) is 3.03. The van der Waals surface area contributed by atoms with Crippen molar-refractivity contribution in [3.05, 3.63) is 47.3 Å². The van der Waals surface area contributed by atoms with Crippen LogP contribution in [0, 0.1) is 5.82 Å². The first-order chi connectivity index (χ1) is 12.5. The van der Waals surface area contributed by atoms with Crippen molar-refractivity contribution in [2.75, 3.05) is 31.1 Å². The second kappa shape index (κ2) is 6.53. The zero-order chi connectivity index (χ0) is 18.3. The highest BCUT2D eigenvalue weighted by atomic mass is 35.5. The molecule has 1 amide bonds. The quantitative estimate of drug-likeness (QED) is 0.687. The number of halogens is 2. The van der Waals surface area contributed by atoms with Crippen molar-refractivity contribution in [2.45, 2.75) is 0 Å². The van der Waals surface area contributed by atoms with Crippen molar-refractivity contribution >= 4 is 34.5 Å². The molecule has 3 heterocycles. The molecule has 0 saturated carbocycles. The number of aryl methyl sites for hydroxylation is 1. The zero-order valence-electron chi connectivity index (χ0n) is 14.1. The highest BCUT2D eigenvalue weighted by Gasteiger charge is 2.26. The van der Waals surface area contributed by atoms with Crippen LogP contribution in [0.5, 0.6) is 0 Å². The van der Waals surface area contributed by atoms with Crippen molar-refractivity contribution in [2.24, 2.45) is 7.05 Å². The molecule has 0 bridgehead atoms. The van der Waals surface area contributed by atoms with E-state index in [0.717, 1.165) is 23.0 Å². The van der Waals surface area contributed by atoms with Crippen LogP contribution in [-0.2, 0) is 7.05 Å². The van der Waals surface area contributed by atoms with Crippen molar-refractivity contribution < 1.29 is 9.18 Å². The van der Waals surface area contributed by atoms with Crippen LogP contribution in [0.3, 0.4) is 0 Å². The lowest BCUT2D eigenvalue weighted by Crippen LogP contribution is -2.49. The zero-order valence-corrected chi connectivity index (χ0v) is 14.8. The topological polar surface area (TPSA) is 67.2 Å². The van der Waals surface area contributed by atoms with Crippen molar-refractivity contribution in [3.8, 4) is 0 Å². The van der Waals surface area contributed by atoms with Crippen LogP contribution in [-0.4, -0.2) is 56.5 Å². The molecule has 7 nitrogen and oxygen atoms in total. The van der Waals surface area contributed by atoms with E-state index >= 15 is 0 Å². The number of amides is 1. The Hall–Kier alpha value is -2.74. The summed E-state index contributed by atoms with van der Waals surface area (Å²) in [5.74, 6) is -0.180. The molecule has 134 valence electrons. The number of anilines is 1. The predicted molar refractivity (Wildman–Crippen MR) is 95.8 cm³/mol. The number of benzene rings is 1. The number of imidazole rings is 1. The monoisotopic (exact) mass is 374 g/mol. The molecule has 0 unspecified atom stereocenters. The van der Waals surface area contributed by atoms with Gasteiger partial charge in [-0.15, -0.1) is 0 Å². The summed E-state index contributed by atoms with van der Waals surface area (Å²) in [6.45, 7) is 2.12. The number of nitrogens with zero attached hydrogens (tertiary/aromatic N) is 6. The van der Waals surface area contributed by atoms with Crippen molar-refractivity contribution in [1.29, 1.82) is 0 Å². The number of hydrogen-bond donors (Lipinski definition) is 0. The van der Waals surface area contributed by atoms with Crippen LogP contribution >= 0.6 is 11.6 Å². The minimum absolute atomic E-state index is 0.0389. The third-order valence-corrected chi connectivity index (χ3v) is 4.74. The first-order valence-corrected chi connectivity index (χ1v) is 8.53. The van der Waals surface area contributed by atoms with Crippen LogP contribution in [0.25, 0.3) is 11.2 Å². The second-order valence-corrected chi connectivity index (χ2v) is 6.56. The molecule has 1 aromatic carbocycles. The molecule has 0 aliphatic carbocycles.